The topological polar surface area (TPSA) is 83.8 Å². The number of fused-ring (bicyclic) bond motifs is 1. The smallest absolute Gasteiger partial charge is 0.227 e. The van der Waals surface area contributed by atoms with Gasteiger partial charge in [0.25, 0.3) is 0 Å². The fourth-order valence-corrected chi connectivity index (χ4v) is 3.16. The van der Waals surface area contributed by atoms with E-state index in [0.29, 0.717) is 31.1 Å². The van der Waals surface area contributed by atoms with Crippen LogP contribution in [0.2, 0.25) is 0 Å². The summed E-state index contributed by atoms with van der Waals surface area (Å²) >= 11 is 0. The van der Waals surface area contributed by atoms with Crippen molar-refractivity contribution in [2.45, 2.75) is 26.2 Å². The Balaban J connectivity index is 1.25. The first-order valence-corrected chi connectivity index (χ1v) is 9.40. The minimum absolute atomic E-state index is 0.0186. The third-order valence-electron chi connectivity index (χ3n) is 4.74. The molecule has 0 bridgehead atoms. The first-order chi connectivity index (χ1) is 13.7. The monoisotopic (exact) mass is 374 g/mol. The van der Waals surface area contributed by atoms with Gasteiger partial charge in [0.1, 0.15) is 0 Å². The second kappa shape index (κ2) is 8.08. The van der Waals surface area contributed by atoms with E-state index in [-0.39, 0.29) is 5.91 Å². The summed E-state index contributed by atoms with van der Waals surface area (Å²) < 4.78 is 5.27. The van der Waals surface area contributed by atoms with Crippen LogP contribution in [0.15, 0.2) is 59.3 Å². The summed E-state index contributed by atoms with van der Waals surface area (Å²) in [6, 6.07) is 16.1. The van der Waals surface area contributed by atoms with Crippen molar-refractivity contribution in [2.75, 3.05) is 6.54 Å². The highest BCUT2D eigenvalue weighted by atomic mass is 16.5. The van der Waals surface area contributed by atoms with E-state index in [0.717, 1.165) is 17.5 Å². The quantitative estimate of drug-likeness (QED) is 0.515. The molecule has 0 saturated heterocycles. The molecule has 142 valence electrons. The zero-order valence-electron chi connectivity index (χ0n) is 15.7. The average molecular weight is 374 g/mol. The van der Waals surface area contributed by atoms with Crippen molar-refractivity contribution in [3.63, 3.8) is 0 Å². The lowest BCUT2D eigenvalue weighted by Gasteiger charge is -2.03. The van der Waals surface area contributed by atoms with Crippen molar-refractivity contribution in [1.82, 2.24) is 20.4 Å². The lowest BCUT2D eigenvalue weighted by Crippen LogP contribution is -2.25. The Morgan fingerprint density at radius 2 is 1.93 bits per heavy atom. The van der Waals surface area contributed by atoms with Crippen LogP contribution in [0.25, 0.3) is 22.3 Å². The third-order valence-corrected chi connectivity index (χ3v) is 4.74. The van der Waals surface area contributed by atoms with Crippen molar-refractivity contribution in [2.24, 2.45) is 0 Å². The van der Waals surface area contributed by atoms with E-state index in [1.807, 2.05) is 55.6 Å². The summed E-state index contributed by atoms with van der Waals surface area (Å²) in [4.78, 5) is 19.7. The Labute approximate surface area is 163 Å². The lowest BCUT2D eigenvalue weighted by molar-refractivity contribution is -0.121. The van der Waals surface area contributed by atoms with Gasteiger partial charge in [-0.1, -0.05) is 53.2 Å². The summed E-state index contributed by atoms with van der Waals surface area (Å²) in [6.07, 6.45) is 3.54. The van der Waals surface area contributed by atoms with Gasteiger partial charge in [0.05, 0.1) is 0 Å². The summed E-state index contributed by atoms with van der Waals surface area (Å²) in [7, 11) is 0. The minimum Gasteiger partial charge on any atom is -0.361 e. The molecule has 28 heavy (non-hydrogen) atoms. The Kier molecular flexibility index (Phi) is 5.19. The van der Waals surface area contributed by atoms with Crippen LogP contribution in [0.3, 0.4) is 0 Å². The molecular formula is C22H22N4O2. The maximum atomic E-state index is 12.1. The summed E-state index contributed by atoms with van der Waals surface area (Å²) in [5.41, 5.74) is 4.40. The normalized spacial score (nSPS) is 11.0. The molecule has 2 aromatic carbocycles. The molecule has 0 spiro atoms. The van der Waals surface area contributed by atoms with E-state index in [9.17, 15) is 4.79 Å². The zero-order chi connectivity index (χ0) is 19.3. The van der Waals surface area contributed by atoms with E-state index < -0.39 is 0 Å². The van der Waals surface area contributed by atoms with Gasteiger partial charge >= 0.3 is 0 Å². The molecule has 6 heteroatoms. The van der Waals surface area contributed by atoms with Crippen LogP contribution in [0.4, 0.5) is 0 Å². The van der Waals surface area contributed by atoms with Crippen LogP contribution < -0.4 is 5.32 Å². The Morgan fingerprint density at radius 3 is 2.79 bits per heavy atom. The second-order valence-electron chi connectivity index (χ2n) is 6.84. The van der Waals surface area contributed by atoms with Gasteiger partial charge < -0.3 is 14.8 Å². The molecule has 0 atom stereocenters. The van der Waals surface area contributed by atoms with E-state index in [2.05, 4.69) is 26.5 Å². The number of carbonyl (C=O) groups excluding carboxylic acids is 1. The van der Waals surface area contributed by atoms with Crippen molar-refractivity contribution in [3.05, 3.63) is 71.7 Å². The molecule has 0 fully saturated rings. The number of aromatic amines is 1. The number of amides is 1. The SMILES string of the molecule is Cc1ccc(-c2noc(CCC(=O)NCCc3c[nH]c4ccccc34)n2)cc1. The van der Waals surface area contributed by atoms with Crippen LogP contribution in [0.1, 0.15) is 23.4 Å². The molecule has 0 aliphatic carbocycles. The molecule has 0 aliphatic rings. The number of aromatic nitrogens is 3. The predicted octanol–water partition coefficient (Wildman–Crippen LogP) is 3.82. The van der Waals surface area contributed by atoms with Gasteiger partial charge in [0.15, 0.2) is 0 Å². The molecule has 0 aliphatic heterocycles. The summed E-state index contributed by atoms with van der Waals surface area (Å²) in [6.45, 7) is 2.63. The second-order valence-corrected chi connectivity index (χ2v) is 6.84. The van der Waals surface area contributed by atoms with E-state index in [1.54, 1.807) is 0 Å². The molecule has 0 saturated carbocycles. The largest absolute Gasteiger partial charge is 0.361 e. The Bertz CT molecular complexity index is 1080. The van der Waals surface area contributed by atoms with Gasteiger partial charge in [-0.3, -0.25) is 4.79 Å². The summed E-state index contributed by atoms with van der Waals surface area (Å²) in [5.74, 6) is 1.01. The van der Waals surface area contributed by atoms with Gasteiger partial charge in [-0.15, -0.1) is 0 Å². The van der Waals surface area contributed by atoms with Gasteiger partial charge in [0.2, 0.25) is 17.6 Å². The predicted molar refractivity (Wildman–Crippen MR) is 108 cm³/mol. The highest BCUT2D eigenvalue weighted by molar-refractivity contribution is 5.83. The molecule has 6 nitrogen and oxygen atoms in total. The van der Waals surface area contributed by atoms with Crippen molar-refractivity contribution in [1.29, 1.82) is 0 Å². The van der Waals surface area contributed by atoms with Crippen LogP contribution >= 0.6 is 0 Å². The van der Waals surface area contributed by atoms with Crippen molar-refractivity contribution in [3.8, 4) is 11.4 Å². The standard InChI is InChI=1S/C22H22N4O2/c1-15-6-8-16(9-7-15)22-25-21(28-26-22)11-10-20(27)23-13-12-17-14-24-19-5-3-2-4-18(17)19/h2-9,14,24H,10-13H2,1H3,(H,23,27). The maximum absolute atomic E-state index is 12.1. The molecule has 2 heterocycles. The number of aryl methyl sites for hydroxylation is 2. The highest BCUT2D eigenvalue weighted by Gasteiger charge is 2.11. The van der Waals surface area contributed by atoms with Crippen molar-refractivity contribution >= 4 is 16.8 Å². The number of hydrogen-bond donors (Lipinski definition) is 2. The molecule has 2 N–H and O–H groups in total. The molecular weight excluding hydrogens is 352 g/mol. The maximum Gasteiger partial charge on any atom is 0.227 e. The Morgan fingerprint density at radius 1 is 1.11 bits per heavy atom. The van der Waals surface area contributed by atoms with E-state index in [4.69, 9.17) is 4.52 Å². The highest BCUT2D eigenvalue weighted by Crippen LogP contribution is 2.18. The number of nitrogens with one attached hydrogen (secondary N) is 2. The fraction of sp³-hybridized carbons (Fsp3) is 0.227. The van der Waals surface area contributed by atoms with Gasteiger partial charge in [-0.05, 0) is 25.0 Å². The molecule has 1 amide bonds. The van der Waals surface area contributed by atoms with Crippen molar-refractivity contribution < 1.29 is 9.32 Å². The lowest BCUT2D eigenvalue weighted by atomic mass is 10.1. The molecule has 4 rings (SSSR count). The number of rotatable bonds is 7. The number of nitrogens with zero attached hydrogens (tertiary/aromatic N) is 2. The molecule has 4 aromatic rings. The number of para-hydroxylation sites is 1. The minimum atomic E-state index is -0.0186. The number of benzene rings is 2. The summed E-state index contributed by atoms with van der Waals surface area (Å²) in [5, 5.41) is 8.16. The first kappa shape index (κ1) is 18.0. The third kappa shape index (κ3) is 4.11. The van der Waals surface area contributed by atoms with Gasteiger partial charge in [-0.25, -0.2) is 0 Å². The van der Waals surface area contributed by atoms with Crippen LogP contribution in [0, 0.1) is 6.92 Å². The van der Waals surface area contributed by atoms with E-state index >= 15 is 0 Å². The van der Waals surface area contributed by atoms with Crippen LogP contribution in [-0.4, -0.2) is 27.6 Å². The number of carbonyl (C=O) groups is 1. The molecule has 0 radical (unpaired) electrons. The van der Waals surface area contributed by atoms with Crippen LogP contribution in [-0.2, 0) is 17.6 Å². The average Bonchev–Trinajstić information content (AvgIpc) is 3.35. The first-order valence-electron chi connectivity index (χ1n) is 9.40. The molecule has 0 unspecified atom stereocenters. The van der Waals surface area contributed by atoms with Crippen LogP contribution in [0.5, 0.6) is 0 Å². The van der Waals surface area contributed by atoms with Gasteiger partial charge in [-0.2, -0.15) is 4.98 Å². The molecule has 2 aromatic heterocycles. The number of hydrogen-bond acceptors (Lipinski definition) is 4. The van der Waals surface area contributed by atoms with Gasteiger partial charge in [0, 0.05) is 42.0 Å². The number of H-pyrrole nitrogens is 1. The zero-order valence-corrected chi connectivity index (χ0v) is 15.7. The Hall–Kier alpha value is -3.41. The fourth-order valence-electron chi connectivity index (χ4n) is 3.16. The van der Waals surface area contributed by atoms with E-state index in [1.165, 1.54) is 16.5 Å².